The number of rotatable bonds is 5. The standard InChI is InChI=1S/C21H20ClN3OS/c22-19(15-7-2-1-3-8-15)20(26)23-17-10-6-9-16(13-17)18-14-27-21(24-18)25-11-4-5-12-25/h1-3,6-10,13-14,19H,4-5,11-12H2,(H,23,26)/t19-/m0/s1. The quantitative estimate of drug-likeness (QED) is 0.592. The van der Waals surface area contributed by atoms with Crippen LogP contribution in [0.1, 0.15) is 23.8 Å². The summed E-state index contributed by atoms with van der Waals surface area (Å²) >= 11 is 7.98. The maximum absolute atomic E-state index is 12.5. The number of aromatic nitrogens is 1. The molecule has 1 fully saturated rings. The minimum atomic E-state index is -0.726. The number of carbonyl (C=O) groups is 1. The third kappa shape index (κ3) is 4.15. The van der Waals surface area contributed by atoms with E-state index in [1.54, 1.807) is 11.3 Å². The van der Waals surface area contributed by atoms with Crippen LogP contribution in [0.3, 0.4) is 0 Å². The van der Waals surface area contributed by atoms with Gasteiger partial charge in [-0.2, -0.15) is 0 Å². The first-order valence-electron chi connectivity index (χ1n) is 9.01. The Morgan fingerprint density at radius 3 is 2.67 bits per heavy atom. The number of carbonyl (C=O) groups excluding carboxylic acids is 1. The number of amides is 1. The molecule has 1 aromatic heterocycles. The lowest BCUT2D eigenvalue weighted by Gasteiger charge is -2.12. The number of nitrogens with one attached hydrogen (secondary N) is 1. The summed E-state index contributed by atoms with van der Waals surface area (Å²) in [7, 11) is 0. The molecule has 0 spiro atoms. The Kier molecular flexibility index (Phi) is 5.41. The third-order valence-electron chi connectivity index (χ3n) is 4.62. The number of halogens is 1. The summed E-state index contributed by atoms with van der Waals surface area (Å²) in [6.45, 7) is 2.17. The Balaban J connectivity index is 1.48. The molecular weight excluding hydrogens is 378 g/mol. The maximum atomic E-state index is 12.5. The van der Waals surface area contributed by atoms with Gasteiger partial charge in [-0.1, -0.05) is 42.5 Å². The monoisotopic (exact) mass is 397 g/mol. The van der Waals surface area contributed by atoms with Crippen molar-refractivity contribution in [2.45, 2.75) is 18.2 Å². The molecule has 4 nitrogen and oxygen atoms in total. The van der Waals surface area contributed by atoms with Gasteiger partial charge in [0.25, 0.3) is 0 Å². The van der Waals surface area contributed by atoms with Gasteiger partial charge in [-0.25, -0.2) is 4.98 Å². The van der Waals surface area contributed by atoms with Crippen molar-refractivity contribution < 1.29 is 4.79 Å². The molecule has 1 amide bonds. The van der Waals surface area contributed by atoms with E-state index in [2.05, 4.69) is 15.6 Å². The molecule has 3 aromatic rings. The van der Waals surface area contributed by atoms with Crippen molar-refractivity contribution in [2.75, 3.05) is 23.3 Å². The van der Waals surface area contributed by atoms with Crippen LogP contribution in [0.4, 0.5) is 10.8 Å². The van der Waals surface area contributed by atoms with Crippen LogP contribution in [0, 0.1) is 0 Å². The van der Waals surface area contributed by atoms with Crippen molar-refractivity contribution >= 4 is 39.7 Å². The van der Waals surface area contributed by atoms with Crippen LogP contribution in [-0.4, -0.2) is 24.0 Å². The zero-order valence-corrected chi connectivity index (χ0v) is 16.3. The highest BCUT2D eigenvalue weighted by atomic mass is 35.5. The Morgan fingerprint density at radius 1 is 1.11 bits per heavy atom. The van der Waals surface area contributed by atoms with Gasteiger partial charge in [0.05, 0.1) is 5.69 Å². The fraction of sp³-hybridized carbons (Fsp3) is 0.238. The lowest BCUT2D eigenvalue weighted by Crippen LogP contribution is -2.17. The Morgan fingerprint density at radius 2 is 1.89 bits per heavy atom. The highest BCUT2D eigenvalue weighted by Gasteiger charge is 2.18. The average Bonchev–Trinajstić information content (AvgIpc) is 3.40. The summed E-state index contributed by atoms with van der Waals surface area (Å²) in [5, 5.41) is 5.32. The number of alkyl halides is 1. The molecule has 0 aliphatic carbocycles. The number of nitrogens with zero attached hydrogens (tertiary/aromatic N) is 2. The van der Waals surface area contributed by atoms with Gasteiger partial charge in [-0.15, -0.1) is 22.9 Å². The Labute approximate surface area is 167 Å². The van der Waals surface area contributed by atoms with Crippen LogP contribution in [-0.2, 0) is 4.79 Å². The number of thiazole rings is 1. The smallest absolute Gasteiger partial charge is 0.246 e. The molecule has 1 atom stereocenters. The van der Waals surface area contributed by atoms with Crippen molar-refractivity contribution in [3.05, 3.63) is 65.5 Å². The predicted octanol–water partition coefficient (Wildman–Crippen LogP) is 5.33. The fourth-order valence-electron chi connectivity index (χ4n) is 3.19. The molecule has 6 heteroatoms. The molecule has 138 valence electrons. The number of anilines is 2. The zero-order chi connectivity index (χ0) is 18.6. The lowest BCUT2D eigenvalue weighted by atomic mass is 10.1. The predicted molar refractivity (Wildman–Crippen MR) is 113 cm³/mol. The number of hydrogen-bond donors (Lipinski definition) is 1. The summed E-state index contributed by atoms with van der Waals surface area (Å²) in [6, 6.07) is 17.1. The van der Waals surface area contributed by atoms with Crippen molar-refractivity contribution in [1.82, 2.24) is 4.98 Å². The van der Waals surface area contributed by atoms with Crippen LogP contribution in [0.2, 0.25) is 0 Å². The minimum Gasteiger partial charge on any atom is -0.348 e. The molecule has 2 heterocycles. The summed E-state index contributed by atoms with van der Waals surface area (Å²) < 4.78 is 0. The molecule has 1 aliphatic heterocycles. The van der Waals surface area contributed by atoms with Gasteiger partial charge in [-0.05, 0) is 30.5 Å². The molecule has 0 saturated carbocycles. The number of hydrogen-bond acceptors (Lipinski definition) is 4. The van der Waals surface area contributed by atoms with Gasteiger partial charge in [-0.3, -0.25) is 4.79 Å². The van der Waals surface area contributed by atoms with Crippen molar-refractivity contribution in [1.29, 1.82) is 0 Å². The minimum absolute atomic E-state index is 0.240. The zero-order valence-electron chi connectivity index (χ0n) is 14.8. The molecular formula is C21H20ClN3OS. The molecule has 27 heavy (non-hydrogen) atoms. The van der Waals surface area contributed by atoms with E-state index >= 15 is 0 Å². The molecule has 0 bridgehead atoms. The van der Waals surface area contributed by atoms with E-state index in [0.717, 1.165) is 40.7 Å². The van der Waals surface area contributed by atoms with Crippen molar-refractivity contribution in [2.24, 2.45) is 0 Å². The summed E-state index contributed by atoms with van der Waals surface area (Å²) in [5.74, 6) is -0.240. The van der Waals surface area contributed by atoms with E-state index in [9.17, 15) is 4.79 Å². The van der Waals surface area contributed by atoms with Gasteiger partial charge in [0.1, 0.15) is 5.38 Å². The molecule has 1 aliphatic rings. The van der Waals surface area contributed by atoms with E-state index in [1.807, 2.05) is 54.6 Å². The molecule has 0 unspecified atom stereocenters. The van der Waals surface area contributed by atoms with Gasteiger partial charge >= 0.3 is 0 Å². The van der Waals surface area contributed by atoms with Crippen LogP contribution in [0.15, 0.2) is 60.0 Å². The second kappa shape index (κ2) is 8.11. The first-order valence-corrected chi connectivity index (χ1v) is 10.3. The first-order chi connectivity index (χ1) is 13.2. The lowest BCUT2D eigenvalue weighted by molar-refractivity contribution is -0.116. The van der Waals surface area contributed by atoms with Gasteiger partial charge in [0.2, 0.25) is 5.91 Å². The topological polar surface area (TPSA) is 45.2 Å². The van der Waals surface area contributed by atoms with Crippen LogP contribution in [0.25, 0.3) is 11.3 Å². The van der Waals surface area contributed by atoms with Crippen LogP contribution >= 0.6 is 22.9 Å². The van der Waals surface area contributed by atoms with E-state index in [1.165, 1.54) is 12.8 Å². The number of benzene rings is 2. The second-order valence-corrected chi connectivity index (χ2v) is 7.83. The molecule has 2 aromatic carbocycles. The van der Waals surface area contributed by atoms with Gasteiger partial charge < -0.3 is 10.2 Å². The van der Waals surface area contributed by atoms with Crippen LogP contribution < -0.4 is 10.2 Å². The first kappa shape index (κ1) is 18.0. The van der Waals surface area contributed by atoms with Crippen molar-refractivity contribution in [3.63, 3.8) is 0 Å². The highest BCUT2D eigenvalue weighted by Crippen LogP contribution is 2.31. The third-order valence-corrected chi connectivity index (χ3v) is 5.97. The summed E-state index contributed by atoms with van der Waals surface area (Å²) in [4.78, 5) is 19.6. The Bertz CT molecular complexity index is 922. The maximum Gasteiger partial charge on any atom is 0.246 e. The van der Waals surface area contributed by atoms with E-state index in [4.69, 9.17) is 16.6 Å². The summed E-state index contributed by atoms with van der Waals surface area (Å²) in [6.07, 6.45) is 2.47. The fourth-order valence-corrected chi connectivity index (χ4v) is 4.27. The van der Waals surface area contributed by atoms with E-state index < -0.39 is 5.38 Å². The normalized spacial score (nSPS) is 14.9. The van der Waals surface area contributed by atoms with E-state index in [0.29, 0.717) is 0 Å². The average molecular weight is 398 g/mol. The van der Waals surface area contributed by atoms with Crippen LogP contribution in [0.5, 0.6) is 0 Å². The molecule has 0 radical (unpaired) electrons. The molecule has 1 saturated heterocycles. The summed E-state index contributed by atoms with van der Waals surface area (Å²) in [5.41, 5.74) is 3.42. The Hall–Kier alpha value is -2.37. The molecule has 1 N–H and O–H groups in total. The van der Waals surface area contributed by atoms with E-state index in [-0.39, 0.29) is 5.91 Å². The molecule has 4 rings (SSSR count). The SMILES string of the molecule is O=C(Nc1cccc(-c2csc(N3CCCC3)n2)c1)[C@@H](Cl)c1ccccc1. The van der Waals surface area contributed by atoms with Crippen molar-refractivity contribution in [3.8, 4) is 11.3 Å². The highest BCUT2D eigenvalue weighted by molar-refractivity contribution is 7.14. The van der Waals surface area contributed by atoms with Gasteiger partial charge in [0, 0.05) is 29.7 Å². The largest absolute Gasteiger partial charge is 0.348 e. The second-order valence-electron chi connectivity index (χ2n) is 6.55. The van der Waals surface area contributed by atoms with Gasteiger partial charge in [0.15, 0.2) is 5.13 Å².